The molecule has 0 atom stereocenters. The Bertz CT molecular complexity index is 334. The van der Waals surface area contributed by atoms with E-state index in [1.54, 1.807) is 19.2 Å². The van der Waals surface area contributed by atoms with Crippen molar-refractivity contribution < 1.29 is 9.84 Å². The number of aromatic hydroxyl groups is 1. The number of ether oxygens (including phenoxy) is 1. The van der Waals surface area contributed by atoms with E-state index >= 15 is 0 Å². The molecule has 0 unspecified atom stereocenters. The summed E-state index contributed by atoms with van der Waals surface area (Å²) in [4.78, 5) is 0. The lowest BCUT2D eigenvalue weighted by Gasteiger charge is -2.03. The van der Waals surface area contributed by atoms with Crippen molar-refractivity contribution in [3.8, 4) is 11.5 Å². The third kappa shape index (κ3) is 3.64. The molecule has 1 aromatic carbocycles. The first kappa shape index (κ1) is 11.6. The average molecular weight is 207 g/mol. The molecule has 0 saturated carbocycles. The van der Waals surface area contributed by atoms with Crippen molar-refractivity contribution in [1.82, 2.24) is 5.32 Å². The van der Waals surface area contributed by atoms with Gasteiger partial charge < -0.3 is 15.2 Å². The third-order valence-electron chi connectivity index (χ3n) is 2.09. The summed E-state index contributed by atoms with van der Waals surface area (Å²) in [6.45, 7) is 0.932. The highest BCUT2D eigenvalue weighted by Crippen LogP contribution is 2.23. The molecule has 3 heteroatoms. The van der Waals surface area contributed by atoms with E-state index in [4.69, 9.17) is 4.74 Å². The highest BCUT2D eigenvalue weighted by molar-refractivity contribution is 5.59. The molecule has 82 valence electrons. The normalized spacial score (nSPS) is 10.8. The number of methoxy groups -OCH3 is 1. The van der Waals surface area contributed by atoms with E-state index in [1.165, 1.54) is 0 Å². The monoisotopic (exact) mass is 207 g/mol. The minimum absolute atomic E-state index is 0.275. The fourth-order valence-electron chi connectivity index (χ4n) is 1.23. The van der Waals surface area contributed by atoms with Gasteiger partial charge in [-0.05, 0) is 38.2 Å². The van der Waals surface area contributed by atoms with Gasteiger partial charge in [0, 0.05) is 5.56 Å². The van der Waals surface area contributed by atoms with Crippen molar-refractivity contribution in [2.24, 2.45) is 0 Å². The Balaban J connectivity index is 2.70. The fourth-order valence-corrected chi connectivity index (χ4v) is 1.23. The Morgan fingerprint density at radius 3 is 2.93 bits per heavy atom. The summed E-state index contributed by atoms with van der Waals surface area (Å²) in [5.41, 5.74) is 0.783. The highest BCUT2D eigenvalue weighted by Gasteiger charge is 1.98. The van der Waals surface area contributed by atoms with Crippen LogP contribution in [0.25, 0.3) is 6.08 Å². The summed E-state index contributed by atoms with van der Waals surface area (Å²) in [5.74, 6) is 1.03. The quantitative estimate of drug-likeness (QED) is 0.726. The van der Waals surface area contributed by atoms with Gasteiger partial charge in [-0.2, -0.15) is 0 Å². The van der Waals surface area contributed by atoms with Crippen LogP contribution in [0.2, 0.25) is 0 Å². The van der Waals surface area contributed by atoms with Gasteiger partial charge in [0.2, 0.25) is 0 Å². The minimum atomic E-state index is 0.275. The van der Waals surface area contributed by atoms with Gasteiger partial charge in [0.25, 0.3) is 0 Å². The maximum Gasteiger partial charge on any atom is 0.123 e. The molecule has 0 saturated heterocycles. The summed E-state index contributed by atoms with van der Waals surface area (Å²) in [6.07, 6.45) is 4.85. The standard InChI is InChI=1S/C12H17NO2/c1-13-8-4-3-5-10-9-11(15-2)6-7-12(10)14/h3,5-7,9,13-14H,4,8H2,1-2H3. The smallest absolute Gasteiger partial charge is 0.123 e. The molecule has 3 nitrogen and oxygen atoms in total. The number of hydrogen-bond donors (Lipinski definition) is 2. The number of rotatable bonds is 5. The third-order valence-corrected chi connectivity index (χ3v) is 2.09. The Morgan fingerprint density at radius 2 is 2.27 bits per heavy atom. The molecule has 0 aliphatic heterocycles. The summed E-state index contributed by atoms with van der Waals surface area (Å²) in [5, 5.41) is 12.6. The van der Waals surface area contributed by atoms with Gasteiger partial charge in [-0.15, -0.1) is 0 Å². The van der Waals surface area contributed by atoms with Gasteiger partial charge >= 0.3 is 0 Å². The van der Waals surface area contributed by atoms with E-state index in [-0.39, 0.29) is 5.75 Å². The Kier molecular flexibility index (Phi) is 4.71. The van der Waals surface area contributed by atoms with E-state index in [9.17, 15) is 5.11 Å². The lowest BCUT2D eigenvalue weighted by atomic mass is 10.1. The van der Waals surface area contributed by atoms with Crippen LogP contribution in [-0.4, -0.2) is 25.8 Å². The molecule has 0 aliphatic rings. The molecule has 2 N–H and O–H groups in total. The molecule has 1 rings (SSSR count). The van der Waals surface area contributed by atoms with E-state index in [1.807, 2.05) is 25.3 Å². The number of benzene rings is 1. The van der Waals surface area contributed by atoms with Crippen LogP contribution < -0.4 is 10.1 Å². The molecule has 0 aromatic heterocycles. The van der Waals surface area contributed by atoms with E-state index in [0.717, 1.165) is 24.3 Å². The SMILES string of the molecule is CNCCC=Cc1cc(OC)ccc1O. The van der Waals surface area contributed by atoms with Crippen molar-refractivity contribution in [2.45, 2.75) is 6.42 Å². The van der Waals surface area contributed by atoms with Crippen molar-refractivity contribution >= 4 is 6.08 Å². The molecular formula is C12H17NO2. The zero-order chi connectivity index (χ0) is 11.1. The van der Waals surface area contributed by atoms with Gasteiger partial charge in [0.15, 0.2) is 0 Å². The molecule has 0 bridgehead atoms. The number of phenolic OH excluding ortho intramolecular Hbond substituents is 1. The first-order valence-electron chi connectivity index (χ1n) is 4.96. The zero-order valence-electron chi connectivity index (χ0n) is 9.16. The first-order chi connectivity index (χ1) is 7.27. The molecule has 0 heterocycles. The predicted octanol–water partition coefficient (Wildman–Crippen LogP) is 2.02. The maximum atomic E-state index is 9.56. The van der Waals surface area contributed by atoms with Crippen molar-refractivity contribution in [2.75, 3.05) is 20.7 Å². The van der Waals surface area contributed by atoms with Gasteiger partial charge in [-0.1, -0.05) is 12.2 Å². The molecule has 1 aromatic rings. The van der Waals surface area contributed by atoms with Gasteiger partial charge in [-0.3, -0.25) is 0 Å². The summed E-state index contributed by atoms with van der Waals surface area (Å²) in [7, 11) is 3.53. The van der Waals surface area contributed by atoms with Gasteiger partial charge in [0.1, 0.15) is 11.5 Å². The fraction of sp³-hybridized carbons (Fsp3) is 0.333. The second kappa shape index (κ2) is 6.09. The van der Waals surface area contributed by atoms with Crippen LogP contribution in [0.3, 0.4) is 0 Å². The largest absolute Gasteiger partial charge is 0.507 e. The van der Waals surface area contributed by atoms with Crippen molar-refractivity contribution in [1.29, 1.82) is 0 Å². The second-order valence-corrected chi connectivity index (χ2v) is 3.22. The van der Waals surface area contributed by atoms with Crippen LogP contribution in [0.5, 0.6) is 11.5 Å². The van der Waals surface area contributed by atoms with E-state index in [2.05, 4.69) is 5.32 Å². The lowest BCUT2D eigenvalue weighted by Crippen LogP contribution is -2.05. The maximum absolute atomic E-state index is 9.56. The highest BCUT2D eigenvalue weighted by atomic mass is 16.5. The van der Waals surface area contributed by atoms with E-state index < -0.39 is 0 Å². The predicted molar refractivity (Wildman–Crippen MR) is 62.2 cm³/mol. The van der Waals surface area contributed by atoms with Crippen LogP contribution >= 0.6 is 0 Å². The molecular weight excluding hydrogens is 190 g/mol. The van der Waals surface area contributed by atoms with Crippen molar-refractivity contribution in [3.63, 3.8) is 0 Å². The van der Waals surface area contributed by atoms with E-state index in [0.29, 0.717) is 0 Å². The van der Waals surface area contributed by atoms with Crippen molar-refractivity contribution in [3.05, 3.63) is 29.8 Å². The molecule has 0 radical (unpaired) electrons. The van der Waals surface area contributed by atoms with Crippen LogP contribution in [0.15, 0.2) is 24.3 Å². The molecule has 15 heavy (non-hydrogen) atoms. The van der Waals surface area contributed by atoms with Crippen LogP contribution in [0.4, 0.5) is 0 Å². The summed E-state index contributed by atoms with van der Waals surface area (Å²) >= 11 is 0. The first-order valence-corrected chi connectivity index (χ1v) is 4.96. The molecule has 0 spiro atoms. The zero-order valence-corrected chi connectivity index (χ0v) is 9.16. The average Bonchev–Trinajstić information content (AvgIpc) is 2.26. The topological polar surface area (TPSA) is 41.5 Å². The minimum Gasteiger partial charge on any atom is -0.507 e. The summed E-state index contributed by atoms with van der Waals surface area (Å²) in [6, 6.07) is 5.18. The van der Waals surface area contributed by atoms with Gasteiger partial charge in [-0.25, -0.2) is 0 Å². The van der Waals surface area contributed by atoms with Crippen LogP contribution in [0, 0.1) is 0 Å². The molecule has 0 fully saturated rings. The van der Waals surface area contributed by atoms with Gasteiger partial charge in [0.05, 0.1) is 7.11 Å². The number of nitrogens with one attached hydrogen (secondary N) is 1. The molecule has 0 amide bonds. The Labute approximate surface area is 90.4 Å². The van der Waals surface area contributed by atoms with Crippen LogP contribution in [0.1, 0.15) is 12.0 Å². The number of phenols is 1. The Hall–Kier alpha value is -1.48. The number of hydrogen-bond acceptors (Lipinski definition) is 3. The van der Waals surface area contributed by atoms with Crippen LogP contribution in [-0.2, 0) is 0 Å². The Morgan fingerprint density at radius 1 is 1.47 bits per heavy atom. The lowest BCUT2D eigenvalue weighted by molar-refractivity contribution is 0.412. The second-order valence-electron chi connectivity index (χ2n) is 3.22. The molecule has 0 aliphatic carbocycles. The summed E-state index contributed by atoms with van der Waals surface area (Å²) < 4.78 is 5.08.